The van der Waals surface area contributed by atoms with E-state index in [-0.39, 0.29) is 6.42 Å². The van der Waals surface area contributed by atoms with E-state index in [0.717, 1.165) is 0 Å². The van der Waals surface area contributed by atoms with Gasteiger partial charge in [-0.1, -0.05) is 17.7 Å². The summed E-state index contributed by atoms with van der Waals surface area (Å²) in [5.41, 5.74) is -0.117. The Morgan fingerprint density at radius 2 is 2.00 bits per heavy atom. The van der Waals surface area contributed by atoms with Gasteiger partial charge in [-0.05, 0) is 38.5 Å². The number of hydrogen-bond donors (Lipinski definition) is 2. The van der Waals surface area contributed by atoms with Crippen LogP contribution in [0, 0.1) is 0 Å². The monoisotopic (exact) mass is 329 g/mol. The summed E-state index contributed by atoms with van der Waals surface area (Å²) >= 11 is 6.04. The molecule has 1 atom stereocenters. The van der Waals surface area contributed by atoms with Gasteiger partial charge in [0.05, 0.1) is 24.6 Å². The predicted octanol–water partition coefficient (Wildman–Crippen LogP) is 3.39. The van der Waals surface area contributed by atoms with Crippen molar-refractivity contribution < 1.29 is 24.2 Å². The van der Waals surface area contributed by atoms with Gasteiger partial charge in [-0.3, -0.25) is 4.79 Å². The molecule has 0 aliphatic heterocycles. The van der Waals surface area contributed by atoms with Gasteiger partial charge in [0.15, 0.2) is 0 Å². The molecule has 1 aromatic rings. The van der Waals surface area contributed by atoms with E-state index in [1.165, 1.54) is 7.11 Å². The maximum atomic E-state index is 11.8. The second-order valence-electron chi connectivity index (χ2n) is 5.69. The van der Waals surface area contributed by atoms with Gasteiger partial charge in [-0.2, -0.15) is 0 Å². The quantitative estimate of drug-likeness (QED) is 0.865. The minimum absolute atomic E-state index is 0.290. The molecule has 1 rings (SSSR count). The van der Waals surface area contributed by atoms with Crippen LogP contribution in [0.4, 0.5) is 4.79 Å². The smallest absolute Gasteiger partial charge is 0.408 e. The van der Waals surface area contributed by atoms with E-state index in [1.54, 1.807) is 39.0 Å². The first-order chi connectivity index (χ1) is 10.1. The summed E-state index contributed by atoms with van der Waals surface area (Å²) < 4.78 is 10.2. The average molecular weight is 330 g/mol. The van der Waals surface area contributed by atoms with Gasteiger partial charge in [0.1, 0.15) is 11.4 Å². The lowest BCUT2D eigenvalue weighted by Crippen LogP contribution is -2.35. The number of carbonyl (C=O) groups is 2. The fraction of sp³-hybridized carbons (Fsp3) is 0.467. The van der Waals surface area contributed by atoms with Gasteiger partial charge in [-0.25, -0.2) is 4.79 Å². The van der Waals surface area contributed by atoms with Crippen LogP contribution in [0.2, 0.25) is 5.02 Å². The van der Waals surface area contributed by atoms with Crippen molar-refractivity contribution in [2.45, 2.75) is 38.8 Å². The van der Waals surface area contributed by atoms with Crippen molar-refractivity contribution in [2.75, 3.05) is 7.11 Å². The highest BCUT2D eigenvalue weighted by atomic mass is 35.5. The molecule has 6 nitrogen and oxygen atoms in total. The van der Waals surface area contributed by atoms with E-state index < -0.39 is 23.7 Å². The first kappa shape index (κ1) is 18.1. The van der Waals surface area contributed by atoms with Crippen LogP contribution in [0.3, 0.4) is 0 Å². The molecule has 0 saturated heterocycles. The second-order valence-corrected chi connectivity index (χ2v) is 6.10. The lowest BCUT2D eigenvalue weighted by Gasteiger charge is -2.23. The SMILES string of the molecule is COc1ccc([C@H](CC(=O)O)NC(=O)OC(C)(C)C)cc1Cl. The molecule has 22 heavy (non-hydrogen) atoms. The summed E-state index contributed by atoms with van der Waals surface area (Å²) in [5.74, 6) is -0.579. The Morgan fingerprint density at radius 3 is 2.45 bits per heavy atom. The van der Waals surface area contributed by atoms with E-state index in [0.29, 0.717) is 16.3 Å². The zero-order valence-electron chi connectivity index (χ0n) is 13.0. The van der Waals surface area contributed by atoms with Crippen LogP contribution in [0.25, 0.3) is 0 Å². The number of carbonyl (C=O) groups excluding carboxylic acids is 1. The molecular weight excluding hydrogens is 310 g/mol. The fourth-order valence-corrected chi connectivity index (χ4v) is 2.04. The number of benzene rings is 1. The summed E-state index contributed by atoms with van der Waals surface area (Å²) in [6.07, 6.45) is -0.979. The zero-order valence-corrected chi connectivity index (χ0v) is 13.7. The largest absolute Gasteiger partial charge is 0.495 e. The van der Waals surface area contributed by atoms with Crippen LogP contribution in [0.5, 0.6) is 5.75 Å². The third-order valence-corrected chi connectivity index (χ3v) is 2.94. The third-order valence-electron chi connectivity index (χ3n) is 2.65. The number of carboxylic acids is 1. The maximum absolute atomic E-state index is 11.8. The molecule has 1 amide bonds. The van der Waals surface area contributed by atoms with Crippen molar-refractivity contribution in [2.24, 2.45) is 0 Å². The number of alkyl carbamates (subject to hydrolysis) is 1. The van der Waals surface area contributed by atoms with Gasteiger partial charge in [0.25, 0.3) is 0 Å². The van der Waals surface area contributed by atoms with Gasteiger partial charge in [0, 0.05) is 0 Å². The van der Waals surface area contributed by atoms with Crippen molar-refractivity contribution in [1.29, 1.82) is 0 Å². The number of halogens is 1. The normalized spacial score (nSPS) is 12.4. The molecule has 0 aliphatic rings. The second kappa shape index (κ2) is 7.35. The topological polar surface area (TPSA) is 84.9 Å². The average Bonchev–Trinajstić information content (AvgIpc) is 2.35. The van der Waals surface area contributed by atoms with Crippen molar-refractivity contribution in [3.63, 3.8) is 0 Å². The highest BCUT2D eigenvalue weighted by Gasteiger charge is 2.23. The number of hydrogen-bond acceptors (Lipinski definition) is 4. The molecule has 1 aromatic carbocycles. The predicted molar refractivity (Wildman–Crippen MR) is 82.4 cm³/mol. The summed E-state index contributed by atoms with van der Waals surface area (Å²) in [6.45, 7) is 5.18. The minimum Gasteiger partial charge on any atom is -0.495 e. The molecule has 0 bridgehead atoms. The van der Waals surface area contributed by atoms with E-state index in [9.17, 15) is 9.59 Å². The van der Waals surface area contributed by atoms with Gasteiger partial charge >= 0.3 is 12.1 Å². The third kappa shape index (κ3) is 5.81. The molecule has 2 N–H and O–H groups in total. The van der Waals surface area contributed by atoms with Crippen LogP contribution in [0.1, 0.15) is 38.8 Å². The van der Waals surface area contributed by atoms with Crippen LogP contribution >= 0.6 is 11.6 Å². The molecule has 0 unspecified atom stereocenters. The van der Waals surface area contributed by atoms with Gasteiger partial charge in [0.2, 0.25) is 0 Å². The van der Waals surface area contributed by atoms with E-state index in [1.807, 2.05) is 0 Å². The Bertz CT molecular complexity index is 553. The Kier molecular flexibility index (Phi) is 6.05. The summed E-state index contributed by atoms with van der Waals surface area (Å²) in [5, 5.41) is 11.9. The molecule has 7 heteroatoms. The molecule has 0 radical (unpaired) electrons. The van der Waals surface area contributed by atoms with Crippen LogP contribution < -0.4 is 10.1 Å². The van der Waals surface area contributed by atoms with Crippen LogP contribution in [-0.4, -0.2) is 29.9 Å². The van der Waals surface area contributed by atoms with E-state index in [4.69, 9.17) is 26.2 Å². The van der Waals surface area contributed by atoms with E-state index in [2.05, 4.69) is 5.32 Å². The highest BCUT2D eigenvalue weighted by Crippen LogP contribution is 2.29. The number of carboxylic acid groups (broad SMARTS) is 1. The standard InChI is InChI=1S/C15H20ClNO5/c1-15(2,3)22-14(20)17-11(8-13(18)19)9-5-6-12(21-4)10(16)7-9/h5-7,11H,8H2,1-4H3,(H,17,20)(H,18,19)/t11-/m0/s1. The molecule has 0 aliphatic carbocycles. The fourth-order valence-electron chi connectivity index (χ4n) is 1.78. The van der Waals surface area contributed by atoms with Crippen LogP contribution in [0.15, 0.2) is 18.2 Å². The minimum atomic E-state index is -1.05. The molecule has 122 valence electrons. The molecular formula is C15H20ClNO5. The van der Waals surface area contributed by atoms with Gasteiger partial charge < -0.3 is 19.9 Å². The van der Waals surface area contributed by atoms with Crippen molar-refractivity contribution in [3.8, 4) is 5.75 Å². The van der Waals surface area contributed by atoms with Crippen molar-refractivity contribution in [1.82, 2.24) is 5.32 Å². The number of amides is 1. The zero-order chi connectivity index (χ0) is 16.9. The summed E-state index contributed by atoms with van der Waals surface area (Å²) in [6, 6.07) is 4.07. The number of aliphatic carboxylic acids is 1. The summed E-state index contributed by atoms with van der Waals surface area (Å²) in [4.78, 5) is 22.9. The highest BCUT2D eigenvalue weighted by molar-refractivity contribution is 6.32. The molecule has 0 spiro atoms. The van der Waals surface area contributed by atoms with E-state index >= 15 is 0 Å². The Hall–Kier alpha value is -1.95. The molecule has 0 fully saturated rings. The molecule has 0 saturated carbocycles. The number of rotatable bonds is 5. The number of methoxy groups -OCH3 is 1. The molecule has 0 aromatic heterocycles. The first-order valence-corrected chi connectivity index (χ1v) is 7.05. The van der Waals surface area contributed by atoms with Crippen molar-refractivity contribution >= 4 is 23.7 Å². The number of ether oxygens (including phenoxy) is 2. The van der Waals surface area contributed by atoms with Crippen LogP contribution in [-0.2, 0) is 9.53 Å². The van der Waals surface area contributed by atoms with Gasteiger partial charge in [-0.15, -0.1) is 0 Å². The Balaban J connectivity index is 2.95. The van der Waals surface area contributed by atoms with Crippen molar-refractivity contribution in [3.05, 3.63) is 28.8 Å². The lowest BCUT2D eigenvalue weighted by molar-refractivity contribution is -0.137. The first-order valence-electron chi connectivity index (χ1n) is 6.67. The Morgan fingerprint density at radius 1 is 1.36 bits per heavy atom. The molecule has 0 heterocycles. The lowest BCUT2D eigenvalue weighted by atomic mass is 10.0. The maximum Gasteiger partial charge on any atom is 0.408 e. The number of nitrogens with one attached hydrogen (secondary N) is 1. The summed E-state index contributed by atoms with van der Waals surface area (Å²) in [7, 11) is 1.48. The Labute approximate surface area is 134 Å².